The summed E-state index contributed by atoms with van der Waals surface area (Å²) in [6.07, 6.45) is 1.12. The second-order valence-electron chi connectivity index (χ2n) is 7.04. The van der Waals surface area contributed by atoms with Crippen molar-refractivity contribution in [3.05, 3.63) is 66.0 Å². The van der Waals surface area contributed by atoms with E-state index in [4.69, 9.17) is 9.47 Å². The Morgan fingerprint density at radius 3 is 2.52 bits per heavy atom. The molecule has 0 saturated carbocycles. The maximum absolute atomic E-state index is 13.1. The van der Waals surface area contributed by atoms with Gasteiger partial charge in [-0.3, -0.25) is 19.4 Å². The van der Waals surface area contributed by atoms with Crippen LogP contribution in [0.4, 0.5) is 4.79 Å². The minimum absolute atomic E-state index is 0.0109. The number of amides is 3. The van der Waals surface area contributed by atoms with Crippen molar-refractivity contribution in [2.24, 2.45) is 0 Å². The third kappa shape index (κ3) is 5.16. The number of carbonyl (C=O) groups is 4. The fourth-order valence-electron chi connectivity index (χ4n) is 2.94. The summed E-state index contributed by atoms with van der Waals surface area (Å²) in [4.78, 5) is 52.6. The van der Waals surface area contributed by atoms with Crippen LogP contribution in [0.1, 0.15) is 25.0 Å². The van der Waals surface area contributed by atoms with Gasteiger partial charge in [-0.15, -0.1) is 0 Å². The summed E-state index contributed by atoms with van der Waals surface area (Å²) in [5.41, 5.74) is -0.466. The average Bonchev–Trinajstić information content (AvgIpc) is 2.76. The van der Waals surface area contributed by atoms with Crippen molar-refractivity contribution in [3.63, 3.8) is 0 Å². The number of carbonyl (C=O) groups excluding carboxylic acids is 4. The molecule has 0 radical (unpaired) electrons. The van der Waals surface area contributed by atoms with E-state index in [1.54, 1.807) is 24.3 Å². The van der Waals surface area contributed by atoms with Gasteiger partial charge in [-0.2, -0.15) is 0 Å². The number of alkyl carbamates (subject to hydrolysis) is 1. The van der Waals surface area contributed by atoms with E-state index >= 15 is 0 Å². The maximum atomic E-state index is 13.1. The predicted molar refractivity (Wildman–Crippen MR) is 107 cm³/mol. The highest BCUT2D eigenvalue weighted by Crippen LogP contribution is 2.22. The zero-order valence-corrected chi connectivity index (χ0v) is 17.0. The molecule has 1 fully saturated rings. The van der Waals surface area contributed by atoms with Crippen LogP contribution in [0.2, 0.25) is 0 Å². The lowest BCUT2D eigenvalue weighted by Gasteiger charge is -2.38. The highest BCUT2D eigenvalue weighted by Gasteiger charge is 2.47. The molecule has 10 nitrogen and oxygen atoms in total. The number of pyridine rings is 1. The topological polar surface area (TPSA) is 136 Å². The largest absolute Gasteiger partial charge is 0.445 e. The first-order valence-electron chi connectivity index (χ1n) is 9.47. The van der Waals surface area contributed by atoms with Crippen molar-refractivity contribution in [1.29, 1.82) is 0 Å². The van der Waals surface area contributed by atoms with E-state index in [1.165, 1.54) is 26.2 Å². The molecule has 31 heavy (non-hydrogen) atoms. The third-order valence-corrected chi connectivity index (χ3v) is 4.71. The molecule has 162 valence electrons. The van der Waals surface area contributed by atoms with Gasteiger partial charge in [-0.05, 0) is 18.6 Å². The van der Waals surface area contributed by atoms with Gasteiger partial charge < -0.3 is 25.4 Å². The molecular formula is C21H22N4O6. The van der Waals surface area contributed by atoms with E-state index in [0.29, 0.717) is 5.56 Å². The molecule has 0 unspecified atom stereocenters. The maximum Gasteiger partial charge on any atom is 0.408 e. The second kappa shape index (κ2) is 9.24. The Morgan fingerprint density at radius 1 is 1.16 bits per heavy atom. The van der Waals surface area contributed by atoms with Crippen LogP contribution in [0.25, 0.3) is 0 Å². The standard InChI is InChI=1S/C21H22N4O6/c1-13(26)31-18-16(17(27)24-18)23-19(28)21(2,15-9-6-10-22-11-15)25-20(29)30-12-14-7-4-3-5-8-14/h3-11,16,18H,12H2,1-2H3,(H,23,28)(H,24,27)(H,25,29)/t16-,18+,21-/m1/s1. The van der Waals surface area contributed by atoms with E-state index in [0.717, 1.165) is 5.56 Å². The third-order valence-electron chi connectivity index (χ3n) is 4.71. The Balaban J connectivity index is 1.74. The van der Waals surface area contributed by atoms with Crippen LogP contribution < -0.4 is 16.0 Å². The van der Waals surface area contributed by atoms with Crippen LogP contribution in [0.5, 0.6) is 0 Å². The molecule has 3 N–H and O–H groups in total. The summed E-state index contributed by atoms with van der Waals surface area (Å²) in [6.45, 7) is 2.66. The Bertz CT molecular complexity index is 968. The molecule has 2 aromatic rings. The van der Waals surface area contributed by atoms with E-state index < -0.39 is 41.7 Å². The number of β-lactam (4-membered cyclic amide) rings is 1. The van der Waals surface area contributed by atoms with Gasteiger partial charge in [0.05, 0.1) is 0 Å². The molecule has 10 heteroatoms. The van der Waals surface area contributed by atoms with E-state index in [1.807, 2.05) is 18.2 Å². The Kier molecular flexibility index (Phi) is 6.49. The molecule has 0 spiro atoms. The van der Waals surface area contributed by atoms with Crippen molar-refractivity contribution in [1.82, 2.24) is 20.9 Å². The lowest BCUT2D eigenvalue weighted by Crippen LogP contribution is -2.72. The number of nitrogens with zero attached hydrogens (tertiary/aromatic N) is 1. The highest BCUT2D eigenvalue weighted by molar-refractivity contribution is 5.97. The quantitative estimate of drug-likeness (QED) is 0.439. The zero-order chi connectivity index (χ0) is 22.4. The summed E-state index contributed by atoms with van der Waals surface area (Å²) in [5, 5.41) is 7.44. The van der Waals surface area contributed by atoms with Crippen molar-refractivity contribution in [3.8, 4) is 0 Å². The molecule has 0 bridgehead atoms. The smallest absolute Gasteiger partial charge is 0.408 e. The molecule has 3 atom stereocenters. The fraction of sp³-hybridized carbons (Fsp3) is 0.286. The summed E-state index contributed by atoms with van der Waals surface area (Å²) >= 11 is 0. The molecular weight excluding hydrogens is 404 g/mol. The molecule has 1 saturated heterocycles. The fourth-order valence-corrected chi connectivity index (χ4v) is 2.94. The van der Waals surface area contributed by atoms with Crippen LogP contribution in [-0.2, 0) is 36.0 Å². The van der Waals surface area contributed by atoms with Crippen molar-refractivity contribution in [2.75, 3.05) is 0 Å². The number of nitrogens with one attached hydrogen (secondary N) is 3. The van der Waals surface area contributed by atoms with E-state index in [-0.39, 0.29) is 6.61 Å². The molecule has 1 aromatic heterocycles. The van der Waals surface area contributed by atoms with Crippen LogP contribution in [0.15, 0.2) is 54.9 Å². The van der Waals surface area contributed by atoms with Gasteiger partial charge in [0.15, 0.2) is 6.04 Å². The Labute approximate surface area is 178 Å². The SMILES string of the molecule is CC(=O)O[C@@H]1NC(=O)[C@H]1NC(=O)[C@](C)(NC(=O)OCc1ccccc1)c1cccnc1. The van der Waals surface area contributed by atoms with Crippen molar-refractivity contribution < 1.29 is 28.7 Å². The molecule has 3 amide bonds. The predicted octanol–water partition coefficient (Wildman–Crippen LogP) is 0.727. The van der Waals surface area contributed by atoms with Gasteiger partial charge in [-0.1, -0.05) is 36.4 Å². The first-order valence-corrected chi connectivity index (χ1v) is 9.47. The lowest BCUT2D eigenvalue weighted by molar-refractivity contribution is -0.164. The van der Waals surface area contributed by atoms with Crippen LogP contribution >= 0.6 is 0 Å². The number of hydrogen-bond donors (Lipinski definition) is 3. The zero-order valence-electron chi connectivity index (χ0n) is 17.0. The number of rotatable bonds is 7. The minimum Gasteiger partial charge on any atom is -0.445 e. The molecule has 3 rings (SSSR count). The van der Waals surface area contributed by atoms with E-state index in [9.17, 15) is 19.2 Å². The number of hydrogen-bond acceptors (Lipinski definition) is 7. The first kappa shape index (κ1) is 21.8. The monoisotopic (exact) mass is 426 g/mol. The second-order valence-corrected chi connectivity index (χ2v) is 7.04. The molecule has 2 heterocycles. The van der Waals surface area contributed by atoms with Crippen molar-refractivity contribution in [2.45, 2.75) is 38.3 Å². The molecule has 1 aliphatic rings. The molecule has 0 aliphatic carbocycles. The summed E-state index contributed by atoms with van der Waals surface area (Å²) in [7, 11) is 0. The number of benzene rings is 1. The van der Waals surface area contributed by atoms with Gasteiger partial charge in [0.2, 0.25) is 6.23 Å². The summed E-state index contributed by atoms with van der Waals surface area (Å²) in [5.74, 6) is -1.82. The normalized spacial score (nSPS) is 19.1. The van der Waals surface area contributed by atoms with Gasteiger partial charge >= 0.3 is 12.1 Å². The summed E-state index contributed by atoms with van der Waals surface area (Å²) in [6, 6.07) is 11.2. The first-order chi connectivity index (χ1) is 14.8. The van der Waals surface area contributed by atoms with Crippen LogP contribution in [0.3, 0.4) is 0 Å². The lowest BCUT2D eigenvalue weighted by atomic mass is 9.91. The number of aromatic nitrogens is 1. The van der Waals surface area contributed by atoms with E-state index in [2.05, 4.69) is 20.9 Å². The van der Waals surface area contributed by atoms with Crippen LogP contribution in [0, 0.1) is 0 Å². The highest BCUT2D eigenvalue weighted by atomic mass is 16.6. The average molecular weight is 426 g/mol. The molecule has 1 aliphatic heterocycles. The summed E-state index contributed by atoms with van der Waals surface area (Å²) < 4.78 is 10.2. The Hall–Kier alpha value is -3.95. The number of esters is 1. The van der Waals surface area contributed by atoms with Gasteiger partial charge in [-0.25, -0.2) is 4.79 Å². The number of ether oxygens (including phenoxy) is 2. The Morgan fingerprint density at radius 2 is 1.90 bits per heavy atom. The molecule has 1 aromatic carbocycles. The minimum atomic E-state index is -1.61. The van der Waals surface area contributed by atoms with Crippen LogP contribution in [-0.4, -0.2) is 41.1 Å². The van der Waals surface area contributed by atoms with Gasteiger partial charge in [0.25, 0.3) is 11.8 Å². The van der Waals surface area contributed by atoms with Gasteiger partial charge in [0.1, 0.15) is 12.1 Å². The van der Waals surface area contributed by atoms with Crippen molar-refractivity contribution >= 4 is 23.9 Å². The van der Waals surface area contributed by atoms with Gasteiger partial charge in [0, 0.05) is 24.9 Å².